The zero-order valence-corrected chi connectivity index (χ0v) is 11.4. The molecule has 1 aromatic heterocycles. The van der Waals surface area contributed by atoms with Crippen LogP contribution >= 0.6 is 0 Å². The number of hydrogen-bond donors (Lipinski definition) is 1. The first-order chi connectivity index (χ1) is 10.2. The van der Waals surface area contributed by atoms with Gasteiger partial charge in [0.05, 0.1) is 17.8 Å². The van der Waals surface area contributed by atoms with Crippen molar-refractivity contribution in [3.63, 3.8) is 0 Å². The van der Waals surface area contributed by atoms with Gasteiger partial charge in [-0.1, -0.05) is 23.8 Å². The van der Waals surface area contributed by atoms with Gasteiger partial charge in [0, 0.05) is 5.92 Å². The minimum atomic E-state index is -0.859. The van der Waals surface area contributed by atoms with Crippen molar-refractivity contribution in [2.24, 2.45) is 0 Å². The molecule has 0 unspecified atom stereocenters. The lowest BCUT2D eigenvalue weighted by molar-refractivity contribution is -0.136. The summed E-state index contributed by atoms with van der Waals surface area (Å²) in [5, 5.41) is 16.8. The van der Waals surface area contributed by atoms with Crippen molar-refractivity contribution >= 4 is 12.3 Å². The number of benzene rings is 1. The first kappa shape index (κ1) is 13.5. The fourth-order valence-electron chi connectivity index (χ4n) is 2.57. The van der Waals surface area contributed by atoms with Crippen LogP contribution in [0.3, 0.4) is 0 Å². The predicted molar refractivity (Wildman–Crippen MR) is 74.7 cm³/mol. The number of carbonyl (C=O) groups is 2. The molecule has 6 heteroatoms. The lowest BCUT2D eigenvalue weighted by atomic mass is 9.82. The molecule has 0 atom stereocenters. The minimum Gasteiger partial charge on any atom is -0.481 e. The Morgan fingerprint density at radius 3 is 2.57 bits per heavy atom. The lowest BCUT2D eigenvalue weighted by Gasteiger charge is -2.26. The number of carboxylic acid groups (broad SMARTS) is 1. The highest BCUT2D eigenvalue weighted by molar-refractivity contribution is 5.74. The molecular formula is C15H15N3O3. The number of rotatable bonds is 5. The number of carboxylic acids is 1. The van der Waals surface area contributed by atoms with Crippen LogP contribution in [0.15, 0.2) is 24.3 Å². The van der Waals surface area contributed by atoms with Gasteiger partial charge in [0.15, 0.2) is 6.29 Å². The topological polar surface area (TPSA) is 85.1 Å². The largest absolute Gasteiger partial charge is 0.481 e. The molecule has 0 saturated heterocycles. The standard InChI is InChI=1S/C15H15N3O3/c19-9-13-15(11-2-1-3-11)18(17-16-13)12-6-4-10(5-7-12)8-14(20)21/h4-7,9,11H,1-3,8H2,(H,20,21). The Morgan fingerprint density at radius 2 is 2.05 bits per heavy atom. The van der Waals surface area contributed by atoms with Gasteiger partial charge in [0.2, 0.25) is 0 Å². The van der Waals surface area contributed by atoms with Gasteiger partial charge in [0.1, 0.15) is 5.69 Å². The third-order valence-electron chi connectivity index (χ3n) is 3.87. The number of nitrogens with zero attached hydrogens (tertiary/aromatic N) is 3. The van der Waals surface area contributed by atoms with Gasteiger partial charge in [-0.05, 0) is 30.5 Å². The minimum absolute atomic E-state index is 0.00724. The second kappa shape index (κ2) is 5.47. The molecule has 1 aromatic carbocycles. The van der Waals surface area contributed by atoms with E-state index in [2.05, 4.69) is 10.3 Å². The van der Waals surface area contributed by atoms with Gasteiger partial charge in [0.25, 0.3) is 0 Å². The summed E-state index contributed by atoms with van der Waals surface area (Å²) in [5.74, 6) is -0.527. The monoisotopic (exact) mass is 285 g/mol. The van der Waals surface area contributed by atoms with E-state index in [0.29, 0.717) is 11.6 Å². The van der Waals surface area contributed by atoms with Gasteiger partial charge < -0.3 is 5.11 Å². The molecule has 1 fully saturated rings. The zero-order chi connectivity index (χ0) is 14.8. The van der Waals surface area contributed by atoms with E-state index in [1.54, 1.807) is 16.8 Å². The molecule has 1 aliphatic rings. The number of aliphatic carboxylic acids is 1. The van der Waals surface area contributed by atoms with Crippen LogP contribution < -0.4 is 0 Å². The average molecular weight is 285 g/mol. The Bertz CT molecular complexity index is 672. The van der Waals surface area contributed by atoms with E-state index in [1.807, 2.05) is 12.1 Å². The molecule has 1 aliphatic carbocycles. The average Bonchev–Trinajstić information content (AvgIpc) is 2.81. The quantitative estimate of drug-likeness (QED) is 0.849. The van der Waals surface area contributed by atoms with Crippen LogP contribution in [0.5, 0.6) is 0 Å². The molecule has 6 nitrogen and oxygen atoms in total. The zero-order valence-electron chi connectivity index (χ0n) is 11.4. The van der Waals surface area contributed by atoms with E-state index in [0.717, 1.165) is 42.5 Å². The van der Waals surface area contributed by atoms with Crippen molar-refractivity contribution in [1.82, 2.24) is 15.0 Å². The van der Waals surface area contributed by atoms with Gasteiger partial charge in [-0.2, -0.15) is 0 Å². The first-order valence-electron chi connectivity index (χ1n) is 6.91. The van der Waals surface area contributed by atoms with Gasteiger partial charge >= 0.3 is 5.97 Å². The highest BCUT2D eigenvalue weighted by atomic mass is 16.4. The summed E-state index contributed by atoms with van der Waals surface area (Å²) in [7, 11) is 0. The van der Waals surface area contributed by atoms with Crippen LogP contribution in [-0.4, -0.2) is 32.4 Å². The number of carbonyl (C=O) groups excluding carboxylic acids is 1. The highest BCUT2D eigenvalue weighted by Crippen LogP contribution is 2.37. The Morgan fingerprint density at radius 1 is 1.33 bits per heavy atom. The van der Waals surface area contributed by atoms with Crippen molar-refractivity contribution < 1.29 is 14.7 Å². The Balaban J connectivity index is 1.94. The molecule has 0 radical (unpaired) electrons. The van der Waals surface area contributed by atoms with Crippen molar-refractivity contribution in [3.8, 4) is 5.69 Å². The number of aldehydes is 1. The van der Waals surface area contributed by atoms with Gasteiger partial charge in [-0.15, -0.1) is 5.10 Å². The van der Waals surface area contributed by atoms with Crippen LogP contribution in [0.25, 0.3) is 5.69 Å². The predicted octanol–water partition coefficient (Wildman–Crippen LogP) is 1.97. The fraction of sp³-hybridized carbons (Fsp3) is 0.333. The third kappa shape index (κ3) is 2.56. The maximum Gasteiger partial charge on any atom is 0.307 e. The summed E-state index contributed by atoms with van der Waals surface area (Å²) in [4.78, 5) is 21.8. The summed E-state index contributed by atoms with van der Waals surface area (Å²) >= 11 is 0. The second-order valence-electron chi connectivity index (χ2n) is 5.25. The van der Waals surface area contributed by atoms with Crippen molar-refractivity contribution in [2.45, 2.75) is 31.6 Å². The third-order valence-corrected chi connectivity index (χ3v) is 3.87. The Hall–Kier alpha value is -2.50. The van der Waals surface area contributed by atoms with Crippen molar-refractivity contribution in [1.29, 1.82) is 0 Å². The van der Waals surface area contributed by atoms with Crippen LogP contribution in [0.1, 0.15) is 46.9 Å². The SMILES string of the molecule is O=Cc1nnn(-c2ccc(CC(=O)O)cc2)c1C1CCC1. The van der Waals surface area contributed by atoms with E-state index in [1.165, 1.54) is 0 Å². The molecule has 1 heterocycles. The van der Waals surface area contributed by atoms with Gasteiger partial charge in [-0.25, -0.2) is 4.68 Å². The smallest absolute Gasteiger partial charge is 0.307 e. The number of hydrogen-bond acceptors (Lipinski definition) is 4. The summed E-state index contributed by atoms with van der Waals surface area (Å²) < 4.78 is 1.69. The Labute approximate surface area is 121 Å². The Kier molecular flexibility index (Phi) is 3.51. The normalized spacial score (nSPS) is 14.7. The summed E-state index contributed by atoms with van der Waals surface area (Å²) in [5.41, 5.74) is 2.79. The summed E-state index contributed by atoms with van der Waals surface area (Å²) in [6.45, 7) is 0. The molecule has 2 aromatic rings. The van der Waals surface area contributed by atoms with Crippen LogP contribution in [0.2, 0.25) is 0 Å². The summed E-state index contributed by atoms with van der Waals surface area (Å²) in [6.07, 6.45) is 3.99. The van der Waals surface area contributed by atoms with Gasteiger partial charge in [-0.3, -0.25) is 9.59 Å². The van der Waals surface area contributed by atoms with E-state index in [4.69, 9.17) is 5.11 Å². The van der Waals surface area contributed by atoms with Crippen LogP contribution in [-0.2, 0) is 11.2 Å². The highest BCUT2D eigenvalue weighted by Gasteiger charge is 2.28. The van der Waals surface area contributed by atoms with Crippen molar-refractivity contribution in [2.75, 3.05) is 0 Å². The van der Waals surface area contributed by atoms with Crippen LogP contribution in [0.4, 0.5) is 0 Å². The molecule has 0 bridgehead atoms. The fourth-order valence-corrected chi connectivity index (χ4v) is 2.57. The molecular weight excluding hydrogens is 270 g/mol. The van der Waals surface area contributed by atoms with E-state index in [9.17, 15) is 9.59 Å². The molecule has 0 spiro atoms. The van der Waals surface area contributed by atoms with E-state index < -0.39 is 5.97 Å². The molecule has 1 N–H and O–H groups in total. The summed E-state index contributed by atoms with van der Waals surface area (Å²) in [6, 6.07) is 7.14. The van der Waals surface area contributed by atoms with Crippen molar-refractivity contribution in [3.05, 3.63) is 41.2 Å². The van der Waals surface area contributed by atoms with Crippen LogP contribution in [0, 0.1) is 0 Å². The number of aromatic nitrogens is 3. The lowest BCUT2D eigenvalue weighted by Crippen LogP contribution is -2.16. The second-order valence-corrected chi connectivity index (χ2v) is 5.25. The maximum atomic E-state index is 11.1. The molecule has 0 amide bonds. The molecule has 21 heavy (non-hydrogen) atoms. The maximum absolute atomic E-state index is 11.1. The van der Waals surface area contributed by atoms with E-state index >= 15 is 0 Å². The molecule has 1 saturated carbocycles. The van der Waals surface area contributed by atoms with E-state index in [-0.39, 0.29) is 6.42 Å². The molecule has 3 rings (SSSR count). The first-order valence-corrected chi connectivity index (χ1v) is 6.91. The molecule has 108 valence electrons. The molecule has 0 aliphatic heterocycles.